The Morgan fingerprint density at radius 2 is 1.52 bits per heavy atom. The summed E-state index contributed by atoms with van der Waals surface area (Å²) in [5.74, 6) is 0.362. The predicted octanol–water partition coefficient (Wildman–Crippen LogP) is 5.36. The molecule has 0 aliphatic carbocycles. The van der Waals surface area contributed by atoms with Gasteiger partial charge in [-0.05, 0) is 40.4 Å². The van der Waals surface area contributed by atoms with Crippen molar-refractivity contribution in [2.45, 2.75) is 0 Å². The molecule has 5 aromatic rings. The van der Waals surface area contributed by atoms with Gasteiger partial charge in [0.25, 0.3) is 0 Å². The molecule has 0 N–H and O–H groups in total. The van der Waals surface area contributed by atoms with Crippen molar-refractivity contribution in [3.8, 4) is 5.75 Å². The third-order valence-corrected chi connectivity index (χ3v) is 5.03. The van der Waals surface area contributed by atoms with E-state index in [0.717, 1.165) is 21.5 Å². The molecular weight excluding hydrogens is 364 g/mol. The first-order valence-corrected chi connectivity index (χ1v) is 9.29. The van der Waals surface area contributed by atoms with Crippen LogP contribution >= 0.6 is 0 Å². The van der Waals surface area contributed by atoms with Crippen molar-refractivity contribution < 1.29 is 13.9 Å². The van der Waals surface area contributed by atoms with Crippen LogP contribution in [0.4, 0.5) is 0 Å². The number of fused-ring (bicyclic) bond motifs is 4. The summed E-state index contributed by atoms with van der Waals surface area (Å²) in [5.41, 5.74) is 0.642. The van der Waals surface area contributed by atoms with Gasteiger partial charge in [0.1, 0.15) is 11.3 Å². The van der Waals surface area contributed by atoms with Crippen LogP contribution < -0.4 is 10.4 Å². The fourth-order valence-corrected chi connectivity index (χ4v) is 3.55. The number of hydrogen-bond donors (Lipinski definition) is 0. The van der Waals surface area contributed by atoms with Crippen LogP contribution in [-0.4, -0.2) is 12.4 Å². The summed E-state index contributed by atoms with van der Waals surface area (Å²) in [6, 6.07) is 26.1. The fourth-order valence-electron chi connectivity index (χ4n) is 3.55. The Balaban J connectivity index is 1.41. The number of ether oxygens (including phenoxy) is 1. The monoisotopic (exact) mass is 380 g/mol. The third kappa shape index (κ3) is 3.15. The Morgan fingerprint density at radius 1 is 0.759 bits per heavy atom. The van der Waals surface area contributed by atoms with E-state index in [4.69, 9.17) is 9.15 Å². The summed E-state index contributed by atoms with van der Waals surface area (Å²) in [5, 5.41) is 4.30. The molecule has 0 radical (unpaired) electrons. The van der Waals surface area contributed by atoms with Gasteiger partial charge < -0.3 is 9.15 Å². The molecule has 0 spiro atoms. The average Bonchev–Trinajstić information content (AvgIpc) is 2.77. The van der Waals surface area contributed by atoms with Gasteiger partial charge in [0, 0.05) is 17.0 Å². The molecule has 140 valence electrons. The molecular formula is C25H16O4. The summed E-state index contributed by atoms with van der Waals surface area (Å²) < 4.78 is 11.1. The zero-order valence-corrected chi connectivity index (χ0v) is 15.4. The van der Waals surface area contributed by atoms with E-state index >= 15 is 0 Å². The lowest BCUT2D eigenvalue weighted by Crippen LogP contribution is -2.11. The minimum atomic E-state index is -0.391. The molecule has 1 heterocycles. The molecule has 29 heavy (non-hydrogen) atoms. The zero-order valence-electron chi connectivity index (χ0n) is 15.4. The normalized spacial score (nSPS) is 11.2. The second kappa shape index (κ2) is 6.91. The van der Waals surface area contributed by atoms with Gasteiger partial charge in [-0.2, -0.15) is 0 Å². The number of hydrogen-bond acceptors (Lipinski definition) is 4. The Bertz CT molecular complexity index is 1450. The number of carbonyl (C=O) groups is 1. The number of ketones is 1. The van der Waals surface area contributed by atoms with Gasteiger partial charge in [-0.3, -0.25) is 4.79 Å². The number of rotatable bonds is 4. The van der Waals surface area contributed by atoms with Crippen molar-refractivity contribution in [2.75, 3.05) is 6.61 Å². The molecule has 4 nitrogen and oxygen atoms in total. The maximum atomic E-state index is 12.6. The third-order valence-electron chi connectivity index (χ3n) is 5.03. The van der Waals surface area contributed by atoms with Gasteiger partial charge in [-0.1, -0.05) is 54.6 Å². The van der Waals surface area contributed by atoms with E-state index in [1.54, 1.807) is 30.3 Å². The van der Waals surface area contributed by atoms with Crippen LogP contribution in [0.15, 0.2) is 94.1 Å². The lowest BCUT2D eigenvalue weighted by atomic mass is 10.0. The van der Waals surface area contributed by atoms with Crippen molar-refractivity contribution in [3.63, 3.8) is 0 Å². The number of Topliss-reactive ketones (excluding diaryl/α,β-unsaturated/α-hetero) is 1. The highest BCUT2D eigenvalue weighted by atomic mass is 16.5. The van der Waals surface area contributed by atoms with Gasteiger partial charge in [0.2, 0.25) is 0 Å². The van der Waals surface area contributed by atoms with E-state index < -0.39 is 5.63 Å². The molecule has 5 rings (SSSR count). The first kappa shape index (κ1) is 17.2. The van der Waals surface area contributed by atoms with E-state index in [1.807, 2.05) is 54.6 Å². The van der Waals surface area contributed by atoms with Gasteiger partial charge >= 0.3 is 5.63 Å². The Morgan fingerprint density at radius 3 is 2.38 bits per heavy atom. The highest BCUT2D eigenvalue weighted by molar-refractivity contribution is 6.04. The SMILES string of the molecule is O=C(COc1ccc2c(c1)oc(=O)c1ccccc12)c1ccc2ccccc2c1. The quantitative estimate of drug-likeness (QED) is 0.239. The summed E-state index contributed by atoms with van der Waals surface area (Å²) in [6.45, 7) is -0.0956. The summed E-state index contributed by atoms with van der Waals surface area (Å²) >= 11 is 0. The molecule has 0 amide bonds. The van der Waals surface area contributed by atoms with Gasteiger partial charge in [0.15, 0.2) is 12.4 Å². The highest BCUT2D eigenvalue weighted by Crippen LogP contribution is 2.26. The average molecular weight is 380 g/mol. The number of carbonyl (C=O) groups excluding carboxylic acids is 1. The lowest BCUT2D eigenvalue weighted by Gasteiger charge is -2.08. The van der Waals surface area contributed by atoms with Crippen LogP contribution in [-0.2, 0) is 0 Å². The fraction of sp³-hybridized carbons (Fsp3) is 0.0400. The molecule has 0 saturated carbocycles. The van der Waals surface area contributed by atoms with Crippen LogP contribution in [0, 0.1) is 0 Å². The second-order valence-corrected chi connectivity index (χ2v) is 6.87. The molecule has 0 atom stereocenters. The van der Waals surface area contributed by atoms with Crippen LogP contribution in [0.2, 0.25) is 0 Å². The molecule has 0 saturated heterocycles. The summed E-state index contributed by atoms with van der Waals surface area (Å²) in [6.07, 6.45) is 0. The predicted molar refractivity (Wildman–Crippen MR) is 114 cm³/mol. The van der Waals surface area contributed by atoms with Crippen molar-refractivity contribution >= 4 is 38.3 Å². The van der Waals surface area contributed by atoms with Gasteiger partial charge in [-0.15, -0.1) is 0 Å². The van der Waals surface area contributed by atoms with Crippen molar-refractivity contribution in [2.24, 2.45) is 0 Å². The summed E-state index contributed by atoms with van der Waals surface area (Å²) in [4.78, 5) is 24.8. The van der Waals surface area contributed by atoms with Crippen LogP contribution in [0.5, 0.6) is 5.75 Å². The molecule has 4 heteroatoms. The minimum absolute atomic E-state index is 0.0956. The molecule has 0 unspecified atom stereocenters. The van der Waals surface area contributed by atoms with E-state index in [2.05, 4.69) is 0 Å². The zero-order chi connectivity index (χ0) is 19.8. The Hall–Kier alpha value is -3.92. The largest absolute Gasteiger partial charge is 0.485 e. The standard InChI is InChI=1S/C25H16O4/c26-23(18-10-9-16-5-1-2-6-17(16)13-18)15-28-19-11-12-21-20-7-3-4-8-22(20)25(27)29-24(21)14-19/h1-14H,15H2. The summed E-state index contributed by atoms with van der Waals surface area (Å²) in [7, 11) is 0. The topological polar surface area (TPSA) is 56.5 Å². The van der Waals surface area contributed by atoms with E-state index in [-0.39, 0.29) is 12.4 Å². The maximum absolute atomic E-state index is 12.6. The molecule has 0 fully saturated rings. The maximum Gasteiger partial charge on any atom is 0.344 e. The molecule has 1 aromatic heterocycles. The van der Waals surface area contributed by atoms with E-state index in [9.17, 15) is 9.59 Å². The Labute approximate surface area is 166 Å². The van der Waals surface area contributed by atoms with Crippen molar-refractivity contribution in [1.29, 1.82) is 0 Å². The molecule has 4 aromatic carbocycles. The van der Waals surface area contributed by atoms with Crippen LogP contribution in [0.3, 0.4) is 0 Å². The first-order chi connectivity index (χ1) is 14.2. The van der Waals surface area contributed by atoms with Gasteiger partial charge in [-0.25, -0.2) is 4.79 Å². The van der Waals surface area contributed by atoms with Crippen LogP contribution in [0.25, 0.3) is 32.5 Å². The number of benzene rings is 4. The Kier molecular flexibility index (Phi) is 4.10. The lowest BCUT2D eigenvalue weighted by molar-refractivity contribution is 0.0921. The molecule has 0 bridgehead atoms. The van der Waals surface area contributed by atoms with Crippen molar-refractivity contribution in [1.82, 2.24) is 0 Å². The smallest absolute Gasteiger partial charge is 0.344 e. The van der Waals surface area contributed by atoms with E-state index in [0.29, 0.717) is 22.3 Å². The van der Waals surface area contributed by atoms with Gasteiger partial charge in [0.05, 0.1) is 5.39 Å². The highest BCUT2D eigenvalue weighted by Gasteiger charge is 2.11. The minimum Gasteiger partial charge on any atom is -0.485 e. The van der Waals surface area contributed by atoms with Crippen molar-refractivity contribution in [3.05, 3.63) is 101 Å². The second-order valence-electron chi connectivity index (χ2n) is 6.87. The molecule has 0 aliphatic heterocycles. The first-order valence-electron chi connectivity index (χ1n) is 9.29. The van der Waals surface area contributed by atoms with E-state index in [1.165, 1.54) is 0 Å². The van der Waals surface area contributed by atoms with Crippen LogP contribution in [0.1, 0.15) is 10.4 Å². The molecule has 0 aliphatic rings.